The van der Waals surface area contributed by atoms with Gasteiger partial charge in [-0.2, -0.15) is 0 Å². The van der Waals surface area contributed by atoms with Crippen molar-refractivity contribution in [1.82, 2.24) is 15.1 Å². The third-order valence-corrected chi connectivity index (χ3v) is 3.31. The molecule has 0 aromatic heterocycles. The maximum atomic E-state index is 11.8. The Kier molecular flexibility index (Phi) is 5.91. The van der Waals surface area contributed by atoms with Crippen LogP contribution in [0.1, 0.15) is 26.7 Å². The Balaban J connectivity index is 2.31. The Morgan fingerprint density at radius 3 is 2.50 bits per heavy atom. The van der Waals surface area contributed by atoms with Gasteiger partial charge in [-0.1, -0.05) is 0 Å². The number of carbonyl (C=O) groups excluding carboxylic acids is 1. The topological polar surface area (TPSA) is 72.9 Å². The predicted octanol–water partition coefficient (Wildman–Crippen LogP) is 0.587. The lowest BCUT2D eigenvalue weighted by Gasteiger charge is -2.26. The molecule has 1 aliphatic rings. The molecule has 6 nitrogen and oxygen atoms in total. The Bertz CT molecular complexity index is 290. The predicted molar refractivity (Wildman–Crippen MR) is 68.6 cm³/mol. The molecule has 6 heteroatoms. The molecule has 0 aromatic rings. The first-order chi connectivity index (χ1) is 8.54. The van der Waals surface area contributed by atoms with Crippen LogP contribution < -0.4 is 5.32 Å². The Morgan fingerprint density at radius 1 is 1.39 bits per heavy atom. The van der Waals surface area contributed by atoms with Gasteiger partial charge in [-0.15, -0.1) is 0 Å². The Hall–Kier alpha value is -1.30. The largest absolute Gasteiger partial charge is 0.480 e. The fraction of sp³-hybridized carbons (Fsp3) is 0.833. The van der Waals surface area contributed by atoms with Crippen LogP contribution >= 0.6 is 0 Å². The monoisotopic (exact) mass is 257 g/mol. The molecular formula is C12H23N3O3. The van der Waals surface area contributed by atoms with Crippen LogP contribution in [0.2, 0.25) is 0 Å². The summed E-state index contributed by atoms with van der Waals surface area (Å²) in [5.41, 5.74) is 0. The van der Waals surface area contributed by atoms with Gasteiger partial charge in [0.15, 0.2) is 0 Å². The molecule has 2 amide bonds. The summed E-state index contributed by atoms with van der Waals surface area (Å²) in [7, 11) is 0. The summed E-state index contributed by atoms with van der Waals surface area (Å²) >= 11 is 0. The molecule has 1 atom stereocenters. The Morgan fingerprint density at radius 2 is 2.00 bits per heavy atom. The number of carboxylic acid groups (broad SMARTS) is 1. The maximum Gasteiger partial charge on any atom is 0.323 e. The fourth-order valence-corrected chi connectivity index (χ4v) is 2.15. The van der Waals surface area contributed by atoms with Gasteiger partial charge in [-0.25, -0.2) is 4.79 Å². The minimum Gasteiger partial charge on any atom is -0.480 e. The average Bonchev–Trinajstić information content (AvgIpc) is 2.86. The third-order valence-electron chi connectivity index (χ3n) is 3.31. The summed E-state index contributed by atoms with van der Waals surface area (Å²) in [6.45, 7) is 6.74. The smallest absolute Gasteiger partial charge is 0.323 e. The second-order valence-electron chi connectivity index (χ2n) is 4.69. The van der Waals surface area contributed by atoms with Crippen molar-refractivity contribution < 1.29 is 14.7 Å². The lowest BCUT2D eigenvalue weighted by Crippen LogP contribution is -2.47. The number of nitrogens with zero attached hydrogens (tertiary/aromatic N) is 2. The van der Waals surface area contributed by atoms with E-state index in [-0.39, 0.29) is 12.6 Å². The van der Waals surface area contributed by atoms with E-state index in [0.717, 1.165) is 13.1 Å². The van der Waals surface area contributed by atoms with Gasteiger partial charge in [-0.3, -0.25) is 9.69 Å². The van der Waals surface area contributed by atoms with Gasteiger partial charge >= 0.3 is 12.0 Å². The van der Waals surface area contributed by atoms with Gasteiger partial charge in [0.2, 0.25) is 0 Å². The number of aliphatic carboxylic acids is 1. The number of hydrogen-bond donors (Lipinski definition) is 2. The minimum absolute atomic E-state index is 0.250. The van der Waals surface area contributed by atoms with Crippen LogP contribution in [0.4, 0.5) is 4.79 Å². The number of amides is 2. The van der Waals surface area contributed by atoms with Crippen LogP contribution in [0.5, 0.6) is 0 Å². The molecule has 0 aromatic carbocycles. The molecule has 1 unspecified atom stereocenters. The number of urea groups is 1. The van der Waals surface area contributed by atoms with E-state index in [9.17, 15) is 9.59 Å². The van der Waals surface area contributed by atoms with Crippen molar-refractivity contribution in [3.63, 3.8) is 0 Å². The van der Waals surface area contributed by atoms with Gasteiger partial charge in [-0.05, 0) is 39.8 Å². The van der Waals surface area contributed by atoms with Gasteiger partial charge in [0.05, 0.1) is 0 Å². The van der Waals surface area contributed by atoms with Gasteiger partial charge in [0.1, 0.15) is 6.54 Å². The zero-order valence-electron chi connectivity index (χ0n) is 11.2. The lowest BCUT2D eigenvalue weighted by molar-refractivity contribution is -0.137. The van der Waals surface area contributed by atoms with E-state index in [4.69, 9.17) is 5.11 Å². The first-order valence-corrected chi connectivity index (χ1v) is 6.53. The summed E-state index contributed by atoms with van der Waals surface area (Å²) < 4.78 is 0. The molecule has 1 aliphatic heterocycles. The van der Waals surface area contributed by atoms with Crippen molar-refractivity contribution >= 4 is 12.0 Å². The molecule has 18 heavy (non-hydrogen) atoms. The molecule has 0 spiro atoms. The summed E-state index contributed by atoms with van der Waals surface area (Å²) in [4.78, 5) is 26.0. The van der Waals surface area contributed by atoms with Crippen molar-refractivity contribution in [2.75, 3.05) is 32.7 Å². The fourth-order valence-electron chi connectivity index (χ4n) is 2.15. The maximum absolute atomic E-state index is 11.8. The summed E-state index contributed by atoms with van der Waals surface area (Å²) in [5, 5.41) is 11.5. The quantitative estimate of drug-likeness (QED) is 0.730. The minimum atomic E-state index is -0.986. The molecule has 104 valence electrons. The number of carboxylic acids is 1. The molecule has 0 saturated carbocycles. The van der Waals surface area contributed by atoms with Gasteiger partial charge in [0.25, 0.3) is 0 Å². The van der Waals surface area contributed by atoms with Crippen LogP contribution in [0.15, 0.2) is 0 Å². The van der Waals surface area contributed by atoms with E-state index in [1.54, 1.807) is 6.92 Å². The highest BCUT2D eigenvalue weighted by Gasteiger charge is 2.20. The SMILES string of the molecule is CCN(CC(=O)O)C(=O)NCC(C)N1CCCC1. The molecule has 1 rings (SSSR count). The number of nitrogens with one attached hydrogen (secondary N) is 1. The zero-order valence-corrected chi connectivity index (χ0v) is 11.2. The number of rotatable bonds is 6. The van der Waals surface area contributed by atoms with E-state index >= 15 is 0 Å². The first kappa shape index (κ1) is 14.8. The molecular weight excluding hydrogens is 234 g/mol. The Labute approximate surface area is 108 Å². The number of hydrogen-bond acceptors (Lipinski definition) is 3. The van der Waals surface area contributed by atoms with Crippen LogP contribution in [-0.4, -0.2) is 65.7 Å². The molecule has 2 N–H and O–H groups in total. The standard InChI is InChI=1S/C12H23N3O3/c1-3-14(9-11(16)17)12(18)13-8-10(2)15-6-4-5-7-15/h10H,3-9H2,1-2H3,(H,13,18)(H,16,17). The molecule has 1 heterocycles. The van der Waals surface area contributed by atoms with Crippen LogP contribution in [0, 0.1) is 0 Å². The summed E-state index contributed by atoms with van der Waals surface area (Å²) in [6.07, 6.45) is 2.44. The van der Waals surface area contributed by atoms with E-state index in [0.29, 0.717) is 19.1 Å². The number of carbonyl (C=O) groups is 2. The normalized spacial score (nSPS) is 17.4. The zero-order chi connectivity index (χ0) is 13.5. The van der Waals surface area contributed by atoms with Crippen molar-refractivity contribution in [1.29, 1.82) is 0 Å². The van der Waals surface area contributed by atoms with Crippen molar-refractivity contribution in [3.05, 3.63) is 0 Å². The lowest BCUT2D eigenvalue weighted by atomic mass is 10.3. The van der Waals surface area contributed by atoms with Gasteiger partial charge in [0, 0.05) is 19.1 Å². The molecule has 0 radical (unpaired) electrons. The van der Waals surface area contributed by atoms with E-state index in [1.807, 2.05) is 0 Å². The summed E-state index contributed by atoms with van der Waals surface area (Å²) in [5.74, 6) is -0.986. The highest BCUT2D eigenvalue weighted by Crippen LogP contribution is 2.10. The van der Waals surface area contributed by atoms with Crippen molar-refractivity contribution in [2.24, 2.45) is 0 Å². The van der Waals surface area contributed by atoms with Crippen LogP contribution in [0.25, 0.3) is 0 Å². The second kappa shape index (κ2) is 7.20. The molecule has 0 aliphatic carbocycles. The van der Waals surface area contributed by atoms with Crippen LogP contribution in [-0.2, 0) is 4.79 Å². The summed E-state index contributed by atoms with van der Waals surface area (Å²) in [6, 6.07) is 0.00549. The number of likely N-dealkylation sites (tertiary alicyclic amines) is 1. The van der Waals surface area contributed by atoms with E-state index in [2.05, 4.69) is 17.1 Å². The van der Waals surface area contributed by atoms with Crippen molar-refractivity contribution in [2.45, 2.75) is 32.7 Å². The number of likely N-dealkylation sites (N-methyl/N-ethyl adjacent to an activating group) is 1. The highest BCUT2D eigenvalue weighted by molar-refractivity contribution is 5.80. The third kappa shape index (κ3) is 4.52. The first-order valence-electron chi connectivity index (χ1n) is 6.53. The van der Waals surface area contributed by atoms with Crippen molar-refractivity contribution in [3.8, 4) is 0 Å². The second-order valence-corrected chi connectivity index (χ2v) is 4.69. The molecule has 1 fully saturated rings. The highest BCUT2D eigenvalue weighted by atomic mass is 16.4. The van der Waals surface area contributed by atoms with E-state index in [1.165, 1.54) is 17.7 Å². The van der Waals surface area contributed by atoms with Crippen LogP contribution in [0.3, 0.4) is 0 Å². The molecule has 1 saturated heterocycles. The molecule has 0 bridgehead atoms. The van der Waals surface area contributed by atoms with Gasteiger partial charge < -0.3 is 15.3 Å². The average molecular weight is 257 g/mol. The van der Waals surface area contributed by atoms with E-state index < -0.39 is 5.97 Å².